The minimum Gasteiger partial charge on any atom is -0.460 e. The lowest BCUT2D eigenvalue weighted by atomic mass is 10.0. The minimum absolute atomic E-state index is 0.255. The predicted octanol–water partition coefficient (Wildman–Crippen LogP) is 2.71. The molecule has 0 aromatic heterocycles. The van der Waals surface area contributed by atoms with Crippen LogP contribution in [-0.4, -0.2) is 22.8 Å². The summed E-state index contributed by atoms with van der Waals surface area (Å²) in [7, 11) is 0. The summed E-state index contributed by atoms with van der Waals surface area (Å²) in [6.45, 7) is 5.52. The molecule has 1 unspecified atom stereocenters. The molecule has 1 aromatic carbocycles. The number of rotatable bonds is 5. The zero-order valence-electron chi connectivity index (χ0n) is 11.3. The van der Waals surface area contributed by atoms with Gasteiger partial charge in [-0.1, -0.05) is 30.3 Å². The summed E-state index contributed by atoms with van der Waals surface area (Å²) in [5.74, 6) is -0.255. The molecule has 0 saturated heterocycles. The monoisotopic (exact) mass is 250 g/mol. The fourth-order valence-electron chi connectivity index (χ4n) is 1.67. The first kappa shape index (κ1) is 14.7. The van der Waals surface area contributed by atoms with Crippen molar-refractivity contribution in [3.63, 3.8) is 0 Å². The number of esters is 1. The van der Waals surface area contributed by atoms with E-state index in [2.05, 4.69) is 0 Å². The van der Waals surface area contributed by atoms with Gasteiger partial charge < -0.3 is 9.84 Å². The van der Waals surface area contributed by atoms with Crippen LogP contribution in [0.2, 0.25) is 0 Å². The van der Waals surface area contributed by atoms with Gasteiger partial charge in [0.15, 0.2) is 0 Å². The minimum atomic E-state index is -0.500. The molecule has 0 aliphatic heterocycles. The van der Waals surface area contributed by atoms with Crippen molar-refractivity contribution in [1.29, 1.82) is 0 Å². The van der Waals surface area contributed by atoms with Crippen LogP contribution in [0.25, 0.3) is 0 Å². The Hall–Kier alpha value is -1.35. The van der Waals surface area contributed by atoms with Gasteiger partial charge in [0.05, 0.1) is 6.10 Å². The summed E-state index contributed by atoms with van der Waals surface area (Å²) in [6.07, 6.45) is 0.763. The number of hydrogen-bond acceptors (Lipinski definition) is 3. The highest BCUT2D eigenvalue weighted by atomic mass is 16.6. The van der Waals surface area contributed by atoms with E-state index in [9.17, 15) is 9.90 Å². The summed E-state index contributed by atoms with van der Waals surface area (Å²) in [5.41, 5.74) is 0.621. The van der Waals surface area contributed by atoms with Crippen molar-refractivity contribution in [2.75, 3.05) is 0 Å². The van der Waals surface area contributed by atoms with Gasteiger partial charge in [-0.3, -0.25) is 4.79 Å². The highest BCUT2D eigenvalue weighted by molar-refractivity contribution is 5.69. The second-order valence-electron chi connectivity index (χ2n) is 5.47. The van der Waals surface area contributed by atoms with Gasteiger partial charge in [-0.25, -0.2) is 0 Å². The van der Waals surface area contributed by atoms with Crippen LogP contribution >= 0.6 is 0 Å². The molecular formula is C15H22O3. The maximum absolute atomic E-state index is 11.5. The number of aliphatic hydroxyl groups excluding tert-OH is 1. The second kappa shape index (κ2) is 6.55. The molecule has 0 amide bonds. The largest absolute Gasteiger partial charge is 0.460 e. The van der Waals surface area contributed by atoms with Gasteiger partial charge >= 0.3 is 5.97 Å². The molecular weight excluding hydrogens is 228 g/mol. The highest BCUT2D eigenvalue weighted by Crippen LogP contribution is 2.12. The Kier molecular flexibility index (Phi) is 5.35. The number of carbonyl (C=O) groups excluding carboxylic acids is 1. The van der Waals surface area contributed by atoms with Crippen LogP contribution in [0.4, 0.5) is 0 Å². The molecule has 0 heterocycles. The van der Waals surface area contributed by atoms with Gasteiger partial charge in [0.1, 0.15) is 5.60 Å². The van der Waals surface area contributed by atoms with Crippen LogP contribution in [0.15, 0.2) is 30.3 Å². The Labute approximate surface area is 109 Å². The molecule has 100 valence electrons. The maximum atomic E-state index is 11.5. The number of hydrogen-bond donors (Lipinski definition) is 1. The van der Waals surface area contributed by atoms with Gasteiger partial charge in [-0.2, -0.15) is 0 Å². The molecule has 0 saturated carbocycles. The van der Waals surface area contributed by atoms with E-state index < -0.39 is 11.7 Å². The number of carbonyl (C=O) groups is 1. The lowest BCUT2D eigenvalue weighted by Crippen LogP contribution is -2.24. The average molecular weight is 250 g/mol. The third kappa shape index (κ3) is 6.40. The van der Waals surface area contributed by atoms with Crippen molar-refractivity contribution in [2.45, 2.75) is 51.7 Å². The predicted molar refractivity (Wildman–Crippen MR) is 71.2 cm³/mol. The Morgan fingerprint density at radius 2 is 1.89 bits per heavy atom. The summed E-state index contributed by atoms with van der Waals surface area (Å²) >= 11 is 0. The smallest absolute Gasteiger partial charge is 0.306 e. The average Bonchev–Trinajstić information content (AvgIpc) is 2.25. The molecule has 1 atom stereocenters. The Morgan fingerprint density at radius 1 is 1.28 bits per heavy atom. The summed E-state index contributed by atoms with van der Waals surface area (Å²) in [5, 5.41) is 9.84. The third-order valence-electron chi connectivity index (χ3n) is 2.42. The Morgan fingerprint density at radius 3 is 2.44 bits per heavy atom. The lowest BCUT2D eigenvalue weighted by Gasteiger charge is -2.20. The van der Waals surface area contributed by atoms with Crippen LogP contribution in [0.3, 0.4) is 0 Å². The maximum Gasteiger partial charge on any atom is 0.306 e. The normalized spacial score (nSPS) is 13.1. The van der Waals surface area contributed by atoms with E-state index in [-0.39, 0.29) is 12.4 Å². The summed E-state index contributed by atoms with van der Waals surface area (Å²) in [4.78, 5) is 11.5. The van der Waals surface area contributed by atoms with Crippen LogP contribution < -0.4 is 0 Å². The number of benzene rings is 1. The van der Waals surface area contributed by atoms with E-state index >= 15 is 0 Å². The van der Waals surface area contributed by atoms with Gasteiger partial charge in [0.2, 0.25) is 0 Å². The molecule has 0 aliphatic rings. The van der Waals surface area contributed by atoms with Crippen molar-refractivity contribution in [1.82, 2.24) is 0 Å². The molecule has 3 nitrogen and oxygen atoms in total. The Bertz CT molecular complexity index is 365. The van der Waals surface area contributed by atoms with Crippen LogP contribution in [0.1, 0.15) is 39.2 Å². The molecule has 0 spiro atoms. The van der Waals surface area contributed by atoms with Crippen LogP contribution in [0, 0.1) is 0 Å². The van der Waals surface area contributed by atoms with Gasteiger partial charge in [0, 0.05) is 6.42 Å². The molecule has 0 bridgehead atoms. The molecule has 3 heteroatoms. The highest BCUT2D eigenvalue weighted by Gasteiger charge is 2.17. The summed E-state index contributed by atoms with van der Waals surface area (Å²) in [6, 6.07) is 9.76. The van der Waals surface area contributed by atoms with Crippen molar-refractivity contribution in [2.24, 2.45) is 0 Å². The van der Waals surface area contributed by atoms with E-state index in [1.165, 1.54) is 0 Å². The molecule has 1 rings (SSSR count). The standard InChI is InChI=1S/C15H22O3/c1-15(2,3)18-14(17)10-9-13(16)11-12-7-5-4-6-8-12/h4-8,13,16H,9-11H2,1-3H3. The van der Waals surface area contributed by atoms with Crippen LogP contribution in [-0.2, 0) is 16.0 Å². The summed E-state index contributed by atoms with van der Waals surface area (Å²) < 4.78 is 5.19. The van der Waals surface area contributed by atoms with Crippen molar-refractivity contribution in [3.05, 3.63) is 35.9 Å². The molecule has 1 aromatic rings. The third-order valence-corrected chi connectivity index (χ3v) is 2.42. The number of aliphatic hydroxyl groups is 1. The molecule has 0 fully saturated rings. The molecule has 18 heavy (non-hydrogen) atoms. The van der Waals surface area contributed by atoms with E-state index in [1.54, 1.807) is 0 Å². The SMILES string of the molecule is CC(C)(C)OC(=O)CCC(O)Cc1ccccc1. The van der Waals surface area contributed by atoms with E-state index in [4.69, 9.17) is 4.74 Å². The number of ether oxygens (including phenoxy) is 1. The first-order valence-corrected chi connectivity index (χ1v) is 6.30. The fraction of sp³-hybridized carbons (Fsp3) is 0.533. The molecule has 0 aliphatic carbocycles. The quantitative estimate of drug-likeness (QED) is 0.817. The van der Waals surface area contributed by atoms with Gasteiger partial charge in [-0.05, 0) is 39.2 Å². The zero-order valence-corrected chi connectivity index (χ0v) is 11.3. The van der Waals surface area contributed by atoms with Crippen molar-refractivity contribution >= 4 is 5.97 Å². The second-order valence-corrected chi connectivity index (χ2v) is 5.47. The molecule has 1 N–H and O–H groups in total. The first-order valence-electron chi connectivity index (χ1n) is 6.30. The topological polar surface area (TPSA) is 46.5 Å². The molecule has 0 radical (unpaired) electrons. The first-order chi connectivity index (χ1) is 8.37. The fourth-order valence-corrected chi connectivity index (χ4v) is 1.67. The van der Waals surface area contributed by atoms with Crippen LogP contribution in [0.5, 0.6) is 0 Å². The van der Waals surface area contributed by atoms with Gasteiger partial charge in [0.25, 0.3) is 0 Å². The lowest BCUT2D eigenvalue weighted by molar-refractivity contribution is -0.155. The van der Waals surface area contributed by atoms with Crippen molar-refractivity contribution in [3.8, 4) is 0 Å². The van der Waals surface area contributed by atoms with E-state index in [1.807, 2.05) is 51.1 Å². The van der Waals surface area contributed by atoms with E-state index in [0.29, 0.717) is 12.8 Å². The Balaban J connectivity index is 2.29. The van der Waals surface area contributed by atoms with Gasteiger partial charge in [-0.15, -0.1) is 0 Å². The zero-order chi connectivity index (χ0) is 13.6. The van der Waals surface area contributed by atoms with E-state index in [0.717, 1.165) is 5.56 Å². The van der Waals surface area contributed by atoms with Crippen molar-refractivity contribution < 1.29 is 14.6 Å².